The van der Waals surface area contributed by atoms with Crippen LogP contribution in [0.3, 0.4) is 0 Å². The molecule has 0 unspecified atom stereocenters. The van der Waals surface area contributed by atoms with Crippen LogP contribution in [0.5, 0.6) is 0 Å². The fourth-order valence-corrected chi connectivity index (χ4v) is 0. The van der Waals surface area contributed by atoms with Crippen molar-refractivity contribution in [1.82, 2.24) is 0 Å². The van der Waals surface area contributed by atoms with Crippen LogP contribution in [0.15, 0.2) is 0 Å². The molecule has 0 rings (SSSR count). The van der Waals surface area contributed by atoms with E-state index in [2.05, 4.69) is 0 Å². The van der Waals surface area contributed by atoms with E-state index in [1.165, 1.54) is 0 Å². The molecule has 110 valence electrons. The molecule has 18 heavy (non-hydrogen) atoms. The minimum Gasteiger partial charge on any atom is -0.852 e. The van der Waals surface area contributed by atoms with Crippen molar-refractivity contribution < 1.29 is 37.5 Å². The third-order valence-electron chi connectivity index (χ3n) is 0. The van der Waals surface area contributed by atoms with Crippen LogP contribution >= 0.6 is 0 Å². The Morgan fingerprint density at radius 1 is 0.444 bits per heavy atom. The molecule has 0 aliphatic heterocycles. The van der Waals surface area contributed by atoms with Crippen LogP contribution in [0.4, 0.5) is 0 Å². The van der Waals surface area contributed by atoms with Gasteiger partial charge in [-0.05, 0) is 0 Å². The monoisotopic (exact) mass is 430 g/mol. The van der Waals surface area contributed by atoms with Crippen molar-refractivity contribution in [3.05, 3.63) is 0 Å². The molecule has 0 saturated carbocycles. The zero-order valence-electron chi connectivity index (χ0n) is 13.0. The first-order valence-electron chi connectivity index (χ1n) is 5.56. The summed E-state index contributed by atoms with van der Waals surface area (Å²) in [6, 6.07) is 0. The minimum absolute atomic E-state index is 0. The molecular weight excluding hydrogens is 401 g/mol. The van der Waals surface area contributed by atoms with E-state index in [4.69, 9.17) is 0 Å². The summed E-state index contributed by atoms with van der Waals surface area (Å²) >= 11 is 0. The summed E-state index contributed by atoms with van der Waals surface area (Å²) in [5.74, 6) is 0. The van der Waals surface area contributed by atoms with Crippen molar-refractivity contribution in [2.45, 2.75) is 79.8 Å². The van der Waals surface area contributed by atoms with E-state index in [9.17, 15) is 20.4 Å². The van der Waals surface area contributed by atoms with Crippen LogP contribution in [0, 0.1) is 0 Å². The van der Waals surface area contributed by atoms with Gasteiger partial charge in [0, 0.05) is 0 Å². The largest absolute Gasteiger partial charge is 2.00 e. The van der Waals surface area contributed by atoms with E-state index in [0.717, 1.165) is 0 Å². The Bertz CT molecular complexity index is 67.1. The Kier molecular flexibility index (Phi) is 64.1. The second-order valence-corrected chi connectivity index (χ2v) is 4.20. The van der Waals surface area contributed by atoms with Crippen molar-refractivity contribution in [3.63, 3.8) is 0 Å². The third-order valence-corrected chi connectivity index (χ3v) is 0. The molecule has 0 aliphatic carbocycles. The predicted molar refractivity (Wildman–Crippen MR) is 66.3 cm³/mol. The molecular formula is C12H28BaFeO4. The standard InChI is InChI=1S/4C3H7O.Ba.Fe/c4*1-3(2)4;;/h4*3H,1-2H3;;/q4*-1;2*+2. The zero-order chi connectivity index (χ0) is 14.3. The minimum atomic E-state index is -0.417. The van der Waals surface area contributed by atoms with Gasteiger partial charge in [0.1, 0.15) is 0 Å². The Balaban J connectivity index is -0.0000000257. The molecule has 0 saturated heterocycles. The van der Waals surface area contributed by atoms with Crippen LogP contribution < -0.4 is 20.4 Å². The van der Waals surface area contributed by atoms with Crippen LogP contribution in [-0.2, 0) is 17.1 Å². The van der Waals surface area contributed by atoms with Gasteiger partial charge in [0.15, 0.2) is 0 Å². The summed E-state index contributed by atoms with van der Waals surface area (Å²) < 4.78 is 0. The van der Waals surface area contributed by atoms with Crippen LogP contribution in [-0.4, -0.2) is 73.3 Å². The van der Waals surface area contributed by atoms with Gasteiger partial charge in [0.05, 0.1) is 0 Å². The van der Waals surface area contributed by atoms with Crippen LogP contribution in [0.1, 0.15) is 55.4 Å². The topological polar surface area (TPSA) is 92.2 Å². The second-order valence-electron chi connectivity index (χ2n) is 4.20. The van der Waals surface area contributed by atoms with Gasteiger partial charge in [-0.2, -0.15) is 0 Å². The van der Waals surface area contributed by atoms with Gasteiger partial charge in [0.25, 0.3) is 0 Å². The molecule has 0 radical (unpaired) electrons. The molecule has 0 aromatic carbocycles. The maximum atomic E-state index is 9.53. The van der Waals surface area contributed by atoms with Gasteiger partial charge in [-0.3, -0.25) is 0 Å². The molecule has 0 aromatic rings. The second kappa shape index (κ2) is 31.4. The quantitative estimate of drug-likeness (QED) is 0.445. The molecule has 0 atom stereocenters. The van der Waals surface area contributed by atoms with Gasteiger partial charge in [-0.1, -0.05) is 55.4 Å². The summed E-state index contributed by atoms with van der Waals surface area (Å²) in [6.07, 6.45) is -1.67. The van der Waals surface area contributed by atoms with E-state index < -0.39 is 24.4 Å². The molecule has 6 heteroatoms. The summed E-state index contributed by atoms with van der Waals surface area (Å²) in [5.41, 5.74) is 0. The summed E-state index contributed by atoms with van der Waals surface area (Å²) in [5, 5.41) is 38.1. The van der Waals surface area contributed by atoms with Crippen molar-refractivity contribution in [1.29, 1.82) is 0 Å². The fourth-order valence-electron chi connectivity index (χ4n) is 0. The summed E-state index contributed by atoms with van der Waals surface area (Å²) in [6.45, 7) is 12.9. The molecule has 4 nitrogen and oxygen atoms in total. The van der Waals surface area contributed by atoms with Crippen molar-refractivity contribution in [3.8, 4) is 0 Å². The normalized spacial score (nSPS) is 8.00. The fraction of sp³-hybridized carbons (Fsp3) is 1.00. The summed E-state index contributed by atoms with van der Waals surface area (Å²) in [4.78, 5) is 0. The molecule has 0 amide bonds. The van der Waals surface area contributed by atoms with E-state index in [1.807, 2.05) is 0 Å². The van der Waals surface area contributed by atoms with Crippen molar-refractivity contribution in [2.24, 2.45) is 0 Å². The van der Waals surface area contributed by atoms with E-state index >= 15 is 0 Å². The smallest absolute Gasteiger partial charge is 0.852 e. The predicted octanol–water partition coefficient (Wildman–Crippen LogP) is -1.36. The van der Waals surface area contributed by atoms with E-state index in [0.29, 0.717) is 0 Å². The van der Waals surface area contributed by atoms with Crippen LogP contribution in [0.2, 0.25) is 0 Å². The Hall–Kier alpha value is 1.93. The molecule has 0 spiro atoms. The average Bonchev–Trinajstić information content (AvgIpc) is 1.76. The number of hydrogen-bond acceptors (Lipinski definition) is 4. The molecule has 0 aliphatic rings. The molecule has 0 fully saturated rings. The zero-order valence-corrected chi connectivity index (χ0v) is 18.5. The molecule has 0 bridgehead atoms. The first-order valence-corrected chi connectivity index (χ1v) is 5.56. The maximum Gasteiger partial charge on any atom is 2.00 e. The van der Waals surface area contributed by atoms with Gasteiger partial charge in [-0.25, -0.2) is 0 Å². The van der Waals surface area contributed by atoms with Crippen LogP contribution in [0.25, 0.3) is 0 Å². The number of rotatable bonds is 0. The first-order chi connectivity index (χ1) is 6.93. The molecule has 0 aromatic heterocycles. The average molecular weight is 430 g/mol. The van der Waals surface area contributed by atoms with Crippen molar-refractivity contribution >= 4 is 48.9 Å². The Morgan fingerprint density at radius 2 is 0.444 bits per heavy atom. The number of hydrogen-bond donors (Lipinski definition) is 0. The van der Waals surface area contributed by atoms with Gasteiger partial charge >= 0.3 is 65.9 Å². The van der Waals surface area contributed by atoms with Gasteiger partial charge in [-0.15, -0.1) is 24.4 Å². The first kappa shape index (κ1) is 36.8. The van der Waals surface area contributed by atoms with Gasteiger partial charge in [0.2, 0.25) is 0 Å². The maximum absolute atomic E-state index is 9.53. The molecule has 0 N–H and O–H groups in total. The molecule has 0 heterocycles. The Labute approximate surface area is 164 Å². The Morgan fingerprint density at radius 3 is 0.444 bits per heavy atom. The summed E-state index contributed by atoms with van der Waals surface area (Å²) in [7, 11) is 0. The third kappa shape index (κ3) is 1380. The van der Waals surface area contributed by atoms with Gasteiger partial charge < -0.3 is 20.4 Å². The van der Waals surface area contributed by atoms with E-state index in [-0.39, 0.29) is 65.9 Å². The van der Waals surface area contributed by atoms with Crippen molar-refractivity contribution in [2.75, 3.05) is 0 Å². The SMILES string of the molecule is CC(C)[O-].CC(C)[O-].CC(C)[O-].CC(C)[O-].[Ba+2].[Fe+2]. The van der Waals surface area contributed by atoms with E-state index in [1.54, 1.807) is 55.4 Å².